The number of rotatable bonds is 2. The second kappa shape index (κ2) is 7.21. The summed E-state index contributed by atoms with van der Waals surface area (Å²) in [6.45, 7) is 1.37. The van der Waals surface area contributed by atoms with Crippen molar-refractivity contribution in [1.82, 2.24) is 0 Å². The molecule has 0 atom stereocenters. The van der Waals surface area contributed by atoms with Crippen LogP contribution in [0.1, 0.15) is 6.92 Å². The molecule has 0 unspecified atom stereocenters. The zero-order chi connectivity index (χ0) is 15.4. The molecule has 4 nitrogen and oxygen atoms in total. The molecule has 0 fully saturated rings. The van der Waals surface area contributed by atoms with Gasteiger partial charge in [-0.3, -0.25) is 4.79 Å². The first kappa shape index (κ1) is 16.2. The minimum atomic E-state index is -0.468. The second-order valence-corrected chi connectivity index (χ2v) is 6.76. The highest BCUT2D eigenvalue weighted by Gasteiger charge is 2.20. The van der Waals surface area contributed by atoms with Crippen molar-refractivity contribution in [1.29, 1.82) is 0 Å². The minimum Gasteiger partial charge on any atom is -0.307 e. The van der Waals surface area contributed by atoms with Crippen LogP contribution in [0.4, 0.5) is 16.2 Å². The van der Waals surface area contributed by atoms with Gasteiger partial charge in [0, 0.05) is 19.8 Å². The number of carbonyl (C=O) groups is 2. The highest BCUT2D eigenvalue weighted by atomic mass is 127. The van der Waals surface area contributed by atoms with E-state index in [4.69, 9.17) is 0 Å². The van der Waals surface area contributed by atoms with Crippen molar-refractivity contribution in [3.63, 3.8) is 0 Å². The highest BCUT2D eigenvalue weighted by molar-refractivity contribution is 14.1. The molecule has 0 aliphatic rings. The third kappa shape index (κ3) is 4.40. The number of nitrogens with one attached hydrogen (secondary N) is 1. The van der Waals surface area contributed by atoms with Gasteiger partial charge < -0.3 is 5.32 Å². The Bertz CT molecular complexity index is 654. The highest BCUT2D eigenvalue weighted by Crippen LogP contribution is 2.19. The van der Waals surface area contributed by atoms with Gasteiger partial charge in [0.25, 0.3) is 0 Å². The van der Waals surface area contributed by atoms with E-state index in [1.54, 1.807) is 24.3 Å². The number of anilines is 2. The maximum absolute atomic E-state index is 12.3. The summed E-state index contributed by atoms with van der Waals surface area (Å²) in [4.78, 5) is 25.2. The number of carbonyl (C=O) groups excluding carboxylic acids is 2. The summed E-state index contributed by atoms with van der Waals surface area (Å²) >= 11 is 4.36. The van der Waals surface area contributed by atoms with Gasteiger partial charge in [0.15, 0.2) is 0 Å². The number of halogens is 2. The first-order chi connectivity index (χ1) is 9.97. The lowest BCUT2D eigenvalue weighted by atomic mass is 10.3. The SMILES string of the molecule is CC(=O)N(C(=O)Nc1ccc(I)cc1)c1ccc(I)cc1. The zero-order valence-corrected chi connectivity index (χ0v) is 15.5. The van der Waals surface area contributed by atoms with E-state index in [1.165, 1.54) is 6.92 Å². The molecule has 0 bridgehead atoms. The summed E-state index contributed by atoms with van der Waals surface area (Å²) in [5.74, 6) is -0.334. The standard InChI is InChI=1S/C15H12I2N2O2/c1-10(20)19(14-8-4-12(17)5-9-14)15(21)18-13-6-2-11(16)3-7-13/h2-9H,1H3,(H,18,21). The Kier molecular flexibility index (Phi) is 5.57. The van der Waals surface area contributed by atoms with Crippen LogP contribution in [-0.4, -0.2) is 11.9 Å². The molecule has 1 N–H and O–H groups in total. The van der Waals surface area contributed by atoms with Gasteiger partial charge in [0.2, 0.25) is 5.91 Å². The largest absolute Gasteiger partial charge is 0.333 e. The molecule has 108 valence electrons. The average Bonchev–Trinajstić information content (AvgIpc) is 2.43. The summed E-state index contributed by atoms with van der Waals surface area (Å²) in [6.07, 6.45) is 0. The Morgan fingerprint density at radius 2 is 1.38 bits per heavy atom. The monoisotopic (exact) mass is 506 g/mol. The molecule has 0 heterocycles. The topological polar surface area (TPSA) is 49.4 Å². The Hall–Kier alpha value is -1.16. The first-order valence-corrected chi connectivity index (χ1v) is 8.26. The van der Waals surface area contributed by atoms with Crippen molar-refractivity contribution < 1.29 is 9.59 Å². The van der Waals surface area contributed by atoms with Crippen molar-refractivity contribution >= 4 is 68.5 Å². The maximum Gasteiger partial charge on any atom is 0.333 e. The number of urea groups is 1. The number of nitrogens with zero attached hydrogens (tertiary/aromatic N) is 1. The van der Waals surface area contributed by atoms with E-state index in [2.05, 4.69) is 50.5 Å². The molecule has 0 aliphatic heterocycles. The van der Waals surface area contributed by atoms with Crippen molar-refractivity contribution in [3.8, 4) is 0 Å². The molecule has 0 radical (unpaired) electrons. The van der Waals surface area contributed by atoms with Crippen LogP contribution in [0.15, 0.2) is 48.5 Å². The third-order valence-electron chi connectivity index (χ3n) is 2.70. The average molecular weight is 506 g/mol. The Labute approximate surface area is 150 Å². The summed E-state index contributed by atoms with van der Waals surface area (Å²) in [5.41, 5.74) is 1.20. The fourth-order valence-electron chi connectivity index (χ4n) is 1.74. The van der Waals surface area contributed by atoms with E-state index in [0.717, 1.165) is 12.0 Å². The molecule has 21 heavy (non-hydrogen) atoms. The van der Waals surface area contributed by atoms with Gasteiger partial charge in [-0.2, -0.15) is 0 Å². The molecule has 2 rings (SSSR count). The number of imide groups is 1. The summed E-state index contributed by atoms with van der Waals surface area (Å²) in [7, 11) is 0. The number of hydrogen-bond donors (Lipinski definition) is 1. The first-order valence-electron chi connectivity index (χ1n) is 6.10. The molecular formula is C15H12I2N2O2. The predicted molar refractivity (Wildman–Crippen MR) is 100 cm³/mol. The molecular weight excluding hydrogens is 494 g/mol. The van der Waals surface area contributed by atoms with E-state index < -0.39 is 6.03 Å². The normalized spacial score (nSPS) is 10.0. The van der Waals surface area contributed by atoms with Gasteiger partial charge in [-0.05, 0) is 93.7 Å². The minimum absolute atomic E-state index is 0.334. The van der Waals surface area contributed by atoms with Crippen LogP contribution in [0, 0.1) is 7.14 Å². The number of amides is 3. The third-order valence-corrected chi connectivity index (χ3v) is 4.14. The molecule has 2 aromatic rings. The lowest BCUT2D eigenvalue weighted by Gasteiger charge is -2.20. The fraction of sp³-hybridized carbons (Fsp3) is 0.0667. The molecule has 0 spiro atoms. The predicted octanol–water partition coefficient (Wildman–Crippen LogP) is 4.48. The van der Waals surface area contributed by atoms with Crippen molar-refractivity contribution in [3.05, 3.63) is 55.7 Å². The van der Waals surface area contributed by atoms with E-state index in [0.29, 0.717) is 11.4 Å². The summed E-state index contributed by atoms with van der Waals surface area (Å²) in [5, 5.41) is 2.72. The molecule has 0 saturated carbocycles. The van der Waals surface area contributed by atoms with Crippen LogP contribution in [0.2, 0.25) is 0 Å². The van der Waals surface area contributed by atoms with Gasteiger partial charge in [0.05, 0.1) is 5.69 Å². The van der Waals surface area contributed by atoms with E-state index in [-0.39, 0.29) is 5.91 Å². The molecule has 6 heteroatoms. The molecule has 0 aromatic heterocycles. The van der Waals surface area contributed by atoms with Gasteiger partial charge >= 0.3 is 6.03 Å². The molecule has 2 aromatic carbocycles. The zero-order valence-electron chi connectivity index (χ0n) is 11.1. The van der Waals surface area contributed by atoms with Crippen LogP contribution in [0.5, 0.6) is 0 Å². The molecule has 0 aliphatic carbocycles. The van der Waals surface area contributed by atoms with E-state index >= 15 is 0 Å². The van der Waals surface area contributed by atoms with Crippen LogP contribution < -0.4 is 10.2 Å². The Balaban J connectivity index is 2.22. The quantitative estimate of drug-likeness (QED) is 0.612. The fourth-order valence-corrected chi connectivity index (χ4v) is 2.46. The van der Waals surface area contributed by atoms with E-state index in [9.17, 15) is 9.59 Å². The lowest BCUT2D eigenvalue weighted by molar-refractivity contribution is -0.115. The van der Waals surface area contributed by atoms with Gasteiger partial charge in [-0.1, -0.05) is 0 Å². The van der Waals surface area contributed by atoms with Gasteiger partial charge in [-0.15, -0.1) is 0 Å². The Morgan fingerprint density at radius 3 is 1.86 bits per heavy atom. The van der Waals surface area contributed by atoms with Crippen LogP contribution in [0.25, 0.3) is 0 Å². The van der Waals surface area contributed by atoms with Crippen molar-refractivity contribution in [2.75, 3.05) is 10.2 Å². The molecule has 0 saturated heterocycles. The number of benzene rings is 2. The number of hydrogen-bond acceptors (Lipinski definition) is 2. The summed E-state index contributed by atoms with van der Waals surface area (Å²) in [6, 6.07) is 14.1. The van der Waals surface area contributed by atoms with Crippen LogP contribution >= 0.6 is 45.2 Å². The van der Waals surface area contributed by atoms with Gasteiger partial charge in [0.1, 0.15) is 0 Å². The molecule has 3 amide bonds. The second-order valence-electron chi connectivity index (χ2n) is 4.27. The Morgan fingerprint density at radius 1 is 0.905 bits per heavy atom. The maximum atomic E-state index is 12.3. The van der Waals surface area contributed by atoms with Crippen LogP contribution in [-0.2, 0) is 4.79 Å². The summed E-state index contributed by atoms with van der Waals surface area (Å²) < 4.78 is 2.12. The van der Waals surface area contributed by atoms with Gasteiger partial charge in [-0.25, -0.2) is 9.69 Å². The smallest absolute Gasteiger partial charge is 0.307 e. The van der Waals surface area contributed by atoms with Crippen molar-refractivity contribution in [2.24, 2.45) is 0 Å². The van der Waals surface area contributed by atoms with Crippen molar-refractivity contribution in [2.45, 2.75) is 6.92 Å². The van der Waals surface area contributed by atoms with E-state index in [1.807, 2.05) is 24.3 Å². The van der Waals surface area contributed by atoms with Crippen LogP contribution in [0.3, 0.4) is 0 Å². The lowest BCUT2D eigenvalue weighted by Crippen LogP contribution is -2.38.